The maximum absolute atomic E-state index is 11.8. The zero-order valence-electron chi connectivity index (χ0n) is 18.6. The van der Waals surface area contributed by atoms with Gasteiger partial charge in [-0.25, -0.2) is 4.98 Å². The first-order valence-electron chi connectivity index (χ1n) is 11.4. The molecule has 1 aromatic heterocycles. The van der Waals surface area contributed by atoms with E-state index in [0.29, 0.717) is 17.9 Å². The molecule has 2 aromatic carbocycles. The Morgan fingerprint density at radius 1 is 0.970 bits per heavy atom. The fourth-order valence-electron chi connectivity index (χ4n) is 4.50. The second-order valence-corrected chi connectivity index (χ2v) is 8.23. The number of rotatable bonds is 9. The lowest BCUT2D eigenvalue weighted by Gasteiger charge is -2.29. The van der Waals surface area contributed by atoms with Crippen LogP contribution in [-0.4, -0.2) is 47.3 Å². The Morgan fingerprint density at radius 2 is 1.70 bits per heavy atom. The standard InChI is InChI=1S/C26H28N4O3/c31-20-21-10-2-3-11-22(21)23-12-4-5-13-24(23)29(19-9-18-28-16-6-1-7-17-28)26-25(30(32)33)14-8-15-27-26/h2-5,8,10-15,20H,1,6-7,9,16-19H2. The molecular weight excluding hydrogens is 416 g/mol. The van der Waals surface area contributed by atoms with Crippen LogP contribution in [0, 0.1) is 10.1 Å². The van der Waals surface area contributed by atoms with Crippen molar-refractivity contribution in [2.45, 2.75) is 25.7 Å². The largest absolute Gasteiger partial charge is 0.320 e. The number of hydrogen-bond acceptors (Lipinski definition) is 6. The number of aldehydes is 1. The molecule has 4 rings (SSSR count). The Hall–Kier alpha value is -3.58. The number of carbonyl (C=O) groups excluding carboxylic acids is 1. The van der Waals surface area contributed by atoms with Gasteiger partial charge in [0.15, 0.2) is 6.29 Å². The van der Waals surface area contributed by atoms with E-state index in [-0.39, 0.29) is 10.6 Å². The molecule has 7 heteroatoms. The van der Waals surface area contributed by atoms with Gasteiger partial charge in [-0.15, -0.1) is 0 Å². The lowest BCUT2D eigenvalue weighted by atomic mass is 9.98. The molecule has 33 heavy (non-hydrogen) atoms. The minimum atomic E-state index is -0.387. The van der Waals surface area contributed by atoms with E-state index in [0.717, 1.165) is 49.2 Å². The Balaban J connectivity index is 1.74. The molecule has 0 spiro atoms. The Kier molecular flexibility index (Phi) is 7.42. The van der Waals surface area contributed by atoms with Crippen molar-refractivity contribution < 1.29 is 9.72 Å². The first kappa shape index (κ1) is 22.6. The summed E-state index contributed by atoms with van der Waals surface area (Å²) in [5.74, 6) is 0.317. The maximum atomic E-state index is 11.8. The van der Waals surface area contributed by atoms with Gasteiger partial charge in [0, 0.05) is 29.9 Å². The van der Waals surface area contributed by atoms with Crippen LogP contribution in [0.25, 0.3) is 11.1 Å². The highest BCUT2D eigenvalue weighted by Crippen LogP contribution is 2.38. The summed E-state index contributed by atoms with van der Waals surface area (Å²) in [6.07, 6.45) is 7.00. The molecule has 0 aliphatic carbocycles. The average Bonchev–Trinajstić information content (AvgIpc) is 2.87. The van der Waals surface area contributed by atoms with Gasteiger partial charge >= 0.3 is 5.69 Å². The molecule has 1 fully saturated rings. The van der Waals surface area contributed by atoms with E-state index in [1.807, 2.05) is 47.4 Å². The molecule has 0 saturated carbocycles. The Morgan fingerprint density at radius 3 is 2.45 bits per heavy atom. The minimum absolute atomic E-state index is 0.0334. The van der Waals surface area contributed by atoms with Gasteiger partial charge in [-0.2, -0.15) is 0 Å². The first-order valence-corrected chi connectivity index (χ1v) is 11.4. The summed E-state index contributed by atoms with van der Waals surface area (Å²) < 4.78 is 0. The number of hydrogen-bond donors (Lipinski definition) is 0. The minimum Gasteiger partial charge on any atom is -0.320 e. The lowest BCUT2D eigenvalue weighted by molar-refractivity contribution is -0.384. The molecule has 0 atom stereocenters. The SMILES string of the molecule is O=Cc1ccccc1-c1ccccc1N(CCCN1CCCCC1)c1ncccc1[N+](=O)[O-]. The summed E-state index contributed by atoms with van der Waals surface area (Å²) in [6.45, 7) is 3.72. The fourth-order valence-corrected chi connectivity index (χ4v) is 4.50. The summed E-state index contributed by atoms with van der Waals surface area (Å²) in [5, 5.41) is 11.8. The number of para-hydroxylation sites is 1. The molecule has 0 N–H and O–H groups in total. The number of likely N-dealkylation sites (tertiary alicyclic amines) is 1. The van der Waals surface area contributed by atoms with E-state index >= 15 is 0 Å². The normalized spacial score (nSPS) is 14.1. The van der Waals surface area contributed by atoms with E-state index in [4.69, 9.17) is 0 Å². The molecule has 1 saturated heterocycles. The van der Waals surface area contributed by atoms with Crippen LogP contribution >= 0.6 is 0 Å². The Labute approximate surface area is 193 Å². The zero-order chi connectivity index (χ0) is 23.0. The molecule has 1 aliphatic heterocycles. The average molecular weight is 445 g/mol. The van der Waals surface area contributed by atoms with Crippen molar-refractivity contribution in [3.8, 4) is 11.1 Å². The number of benzene rings is 2. The van der Waals surface area contributed by atoms with Gasteiger partial charge in [-0.05, 0) is 56.6 Å². The van der Waals surface area contributed by atoms with Crippen LogP contribution in [0.15, 0.2) is 66.9 Å². The fraction of sp³-hybridized carbons (Fsp3) is 0.308. The van der Waals surface area contributed by atoms with Crippen molar-refractivity contribution in [2.75, 3.05) is 31.1 Å². The molecule has 1 aliphatic rings. The smallest absolute Gasteiger partial charge is 0.311 e. The molecule has 0 radical (unpaired) electrons. The van der Waals surface area contributed by atoms with E-state index in [9.17, 15) is 14.9 Å². The van der Waals surface area contributed by atoms with Gasteiger partial charge in [0.05, 0.1) is 10.6 Å². The quantitative estimate of drug-likeness (QED) is 0.247. The van der Waals surface area contributed by atoms with Gasteiger partial charge in [0.25, 0.3) is 0 Å². The van der Waals surface area contributed by atoms with Gasteiger partial charge in [-0.1, -0.05) is 48.9 Å². The van der Waals surface area contributed by atoms with E-state index in [1.54, 1.807) is 18.3 Å². The second kappa shape index (κ2) is 10.8. The highest BCUT2D eigenvalue weighted by atomic mass is 16.6. The van der Waals surface area contributed by atoms with Crippen LogP contribution in [0.1, 0.15) is 36.0 Å². The van der Waals surface area contributed by atoms with Gasteiger partial charge < -0.3 is 9.80 Å². The topological polar surface area (TPSA) is 79.6 Å². The summed E-state index contributed by atoms with van der Waals surface area (Å²) in [7, 11) is 0. The number of nitro groups is 1. The molecule has 7 nitrogen and oxygen atoms in total. The zero-order valence-corrected chi connectivity index (χ0v) is 18.6. The van der Waals surface area contributed by atoms with Crippen LogP contribution < -0.4 is 4.90 Å². The van der Waals surface area contributed by atoms with E-state index in [1.165, 1.54) is 25.3 Å². The molecule has 3 aromatic rings. The highest BCUT2D eigenvalue weighted by Gasteiger charge is 2.24. The number of nitrogens with zero attached hydrogens (tertiary/aromatic N) is 4. The van der Waals surface area contributed by atoms with Crippen molar-refractivity contribution in [1.29, 1.82) is 0 Å². The van der Waals surface area contributed by atoms with Crippen molar-refractivity contribution in [3.05, 3.63) is 82.5 Å². The number of anilines is 2. The van der Waals surface area contributed by atoms with Crippen molar-refractivity contribution >= 4 is 23.5 Å². The summed E-state index contributed by atoms with van der Waals surface area (Å²) in [4.78, 5) is 32.0. The monoisotopic (exact) mass is 444 g/mol. The molecule has 170 valence electrons. The predicted octanol–water partition coefficient (Wildman–Crippen LogP) is 5.48. The third-order valence-electron chi connectivity index (χ3n) is 6.10. The third-order valence-corrected chi connectivity index (χ3v) is 6.10. The molecule has 0 bridgehead atoms. The third kappa shape index (κ3) is 5.26. The Bertz CT molecular complexity index is 1110. The van der Waals surface area contributed by atoms with Gasteiger partial charge in [0.1, 0.15) is 0 Å². The van der Waals surface area contributed by atoms with E-state index in [2.05, 4.69) is 9.88 Å². The van der Waals surface area contributed by atoms with Crippen LogP contribution in [0.5, 0.6) is 0 Å². The van der Waals surface area contributed by atoms with Crippen molar-refractivity contribution in [3.63, 3.8) is 0 Å². The second-order valence-electron chi connectivity index (χ2n) is 8.23. The predicted molar refractivity (Wildman–Crippen MR) is 130 cm³/mol. The number of piperidine rings is 1. The van der Waals surface area contributed by atoms with E-state index < -0.39 is 0 Å². The number of pyridine rings is 1. The van der Waals surface area contributed by atoms with Crippen LogP contribution in [-0.2, 0) is 0 Å². The molecule has 0 unspecified atom stereocenters. The number of carbonyl (C=O) groups is 1. The van der Waals surface area contributed by atoms with Crippen molar-refractivity contribution in [2.24, 2.45) is 0 Å². The van der Waals surface area contributed by atoms with Gasteiger partial charge in [-0.3, -0.25) is 14.9 Å². The van der Waals surface area contributed by atoms with Crippen molar-refractivity contribution in [1.82, 2.24) is 9.88 Å². The maximum Gasteiger partial charge on any atom is 0.311 e. The molecule has 2 heterocycles. The molecule has 0 amide bonds. The first-order chi connectivity index (χ1) is 16.2. The van der Waals surface area contributed by atoms with Crippen LogP contribution in [0.2, 0.25) is 0 Å². The number of aromatic nitrogens is 1. The van der Waals surface area contributed by atoms with Crippen LogP contribution in [0.4, 0.5) is 17.2 Å². The highest BCUT2D eigenvalue weighted by molar-refractivity contribution is 5.93. The van der Waals surface area contributed by atoms with Gasteiger partial charge in [0.2, 0.25) is 5.82 Å². The summed E-state index contributed by atoms with van der Waals surface area (Å²) >= 11 is 0. The summed E-state index contributed by atoms with van der Waals surface area (Å²) in [5.41, 5.74) is 2.98. The summed E-state index contributed by atoms with van der Waals surface area (Å²) in [6, 6.07) is 18.2. The van der Waals surface area contributed by atoms with Crippen LogP contribution in [0.3, 0.4) is 0 Å². The lowest BCUT2D eigenvalue weighted by Crippen LogP contribution is -2.32. The molecular formula is C26H28N4O3.